The molecular weight excluding hydrogens is 208 g/mol. The van der Waals surface area contributed by atoms with Crippen LogP contribution in [0.3, 0.4) is 0 Å². The number of hydrogen-bond acceptors (Lipinski definition) is 4. The van der Waals surface area contributed by atoms with Crippen LogP contribution < -0.4 is 0 Å². The number of rotatable bonds is 1. The largest absolute Gasteiger partial charge is 0.469 e. The average molecular weight is 232 g/mol. The van der Waals surface area contributed by atoms with Crippen molar-refractivity contribution in [3.8, 4) is 0 Å². The first-order valence-corrected chi connectivity index (χ1v) is 4.57. The van der Waals surface area contributed by atoms with Crippen molar-refractivity contribution in [3.63, 3.8) is 0 Å². The maximum atomic E-state index is 11.5. The molecule has 1 unspecified atom stereocenters. The van der Waals surface area contributed by atoms with Crippen LogP contribution >= 0.6 is 0 Å². The molecule has 0 saturated carbocycles. The first kappa shape index (κ1) is 17.3. The molecule has 0 spiro atoms. The second-order valence-electron chi connectivity index (χ2n) is 4.69. The summed E-state index contributed by atoms with van der Waals surface area (Å²) in [4.78, 5) is 22.8. The Kier molecular flexibility index (Phi) is 5.77. The fourth-order valence-electron chi connectivity index (χ4n) is 1.90. The maximum absolute atomic E-state index is 11.5. The molecule has 1 heterocycles. The first-order valence-electron chi connectivity index (χ1n) is 4.57. The van der Waals surface area contributed by atoms with Crippen LogP contribution in [0.4, 0.5) is 0 Å². The Labute approximate surface area is 98.3 Å². The molecule has 0 bridgehead atoms. The van der Waals surface area contributed by atoms with E-state index in [9.17, 15) is 9.59 Å². The summed E-state index contributed by atoms with van der Waals surface area (Å²) in [7, 11) is 1.34. The predicted octanol–water partition coefficient (Wildman–Crippen LogP) is 2.41. The van der Waals surface area contributed by atoms with Gasteiger partial charge in [0.05, 0.1) is 12.5 Å². The van der Waals surface area contributed by atoms with Crippen molar-refractivity contribution in [2.75, 3.05) is 13.7 Å². The summed E-state index contributed by atoms with van der Waals surface area (Å²) in [5.41, 5.74) is -1.31. The van der Waals surface area contributed by atoms with E-state index in [0.717, 1.165) is 0 Å². The number of carbonyl (C=O) groups is 2. The molecule has 1 aliphatic rings. The van der Waals surface area contributed by atoms with Crippen molar-refractivity contribution in [2.24, 2.45) is 10.8 Å². The second-order valence-corrected chi connectivity index (χ2v) is 4.69. The van der Waals surface area contributed by atoms with E-state index in [0.29, 0.717) is 6.42 Å². The molecule has 0 amide bonds. The molecule has 96 valence electrons. The SMILES string of the molecule is C.C.COC(=O)C1(C)COC(=O)C(C)(C)C1. The smallest absolute Gasteiger partial charge is 0.315 e. The quantitative estimate of drug-likeness (QED) is 0.651. The maximum Gasteiger partial charge on any atom is 0.315 e. The predicted molar refractivity (Wildman–Crippen MR) is 62.9 cm³/mol. The van der Waals surface area contributed by atoms with E-state index in [1.165, 1.54) is 7.11 Å². The lowest BCUT2D eigenvalue weighted by Gasteiger charge is -2.38. The Morgan fingerprint density at radius 2 is 1.81 bits per heavy atom. The Balaban J connectivity index is 0. The number of cyclic esters (lactones) is 1. The number of carbonyl (C=O) groups excluding carboxylic acids is 2. The molecule has 0 radical (unpaired) electrons. The molecule has 1 aliphatic heterocycles. The van der Waals surface area contributed by atoms with Crippen molar-refractivity contribution in [2.45, 2.75) is 42.0 Å². The Morgan fingerprint density at radius 1 is 1.31 bits per heavy atom. The van der Waals surface area contributed by atoms with E-state index in [4.69, 9.17) is 9.47 Å². The van der Waals surface area contributed by atoms with Gasteiger partial charge in [-0.25, -0.2) is 0 Å². The molecule has 0 N–H and O–H groups in total. The van der Waals surface area contributed by atoms with Gasteiger partial charge in [-0.15, -0.1) is 0 Å². The fraction of sp³-hybridized carbons (Fsp3) is 0.833. The minimum absolute atomic E-state index is 0. The van der Waals surface area contributed by atoms with Crippen LogP contribution in [0.1, 0.15) is 42.0 Å². The topological polar surface area (TPSA) is 52.6 Å². The third kappa shape index (κ3) is 2.97. The molecule has 1 saturated heterocycles. The molecule has 0 aromatic rings. The van der Waals surface area contributed by atoms with Gasteiger partial charge in [0.1, 0.15) is 12.0 Å². The van der Waals surface area contributed by atoms with Crippen LogP contribution in [0.25, 0.3) is 0 Å². The van der Waals surface area contributed by atoms with Crippen LogP contribution in [0.2, 0.25) is 0 Å². The summed E-state index contributed by atoms with van der Waals surface area (Å²) >= 11 is 0. The van der Waals surface area contributed by atoms with E-state index >= 15 is 0 Å². The molecule has 1 atom stereocenters. The van der Waals surface area contributed by atoms with E-state index in [1.807, 2.05) is 0 Å². The van der Waals surface area contributed by atoms with Gasteiger partial charge in [-0.1, -0.05) is 14.9 Å². The van der Waals surface area contributed by atoms with Crippen LogP contribution in [-0.2, 0) is 19.1 Å². The summed E-state index contributed by atoms with van der Waals surface area (Å²) in [5, 5.41) is 0. The zero-order valence-corrected chi connectivity index (χ0v) is 9.05. The summed E-state index contributed by atoms with van der Waals surface area (Å²) in [6.07, 6.45) is 0.464. The van der Waals surface area contributed by atoms with Crippen LogP contribution in [0, 0.1) is 10.8 Å². The van der Waals surface area contributed by atoms with Gasteiger partial charge in [0.25, 0.3) is 0 Å². The summed E-state index contributed by atoms with van der Waals surface area (Å²) < 4.78 is 9.68. The van der Waals surface area contributed by atoms with Crippen molar-refractivity contribution in [1.82, 2.24) is 0 Å². The van der Waals surface area contributed by atoms with E-state index < -0.39 is 10.8 Å². The zero-order chi connectivity index (χ0) is 11.0. The highest BCUT2D eigenvalue weighted by Gasteiger charge is 2.48. The van der Waals surface area contributed by atoms with Crippen molar-refractivity contribution < 1.29 is 19.1 Å². The molecule has 4 heteroatoms. The number of hydrogen-bond donors (Lipinski definition) is 0. The molecule has 0 aliphatic carbocycles. The first-order chi connectivity index (χ1) is 6.32. The second kappa shape index (κ2) is 5.32. The summed E-state index contributed by atoms with van der Waals surface area (Å²) in [6.45, 7) is 5.42. The average Bonchev–Trinajstić information content (AvgIpc) is 2.10. The van der Waals surface area contributed by atoms with Gasteiger partial charge in [-0.05, 0) is 27.2 Å². The van der Waals surface area contributed by atoms with E-state index in [1.54, 1.807) is 20.8 Å². The highest BCUT2D eigenvalue weighted by molar-refractivity contribution is 5.82. The number of esters is 2. The molecule has 0 aromatic carbocycles. The molecule has 1 fully saturated rings. The third-order valence-corrected chi connectivity index (χ3v) is 2.58. The lowest BCUT2D eigenvalue weighted by molar-refractivity contribution is -0.180. The van der Waals surface area contributed by atoms with Crippen LogP contribution in [0.5, 0.6) is 0 Å². The Bertz CT molecular complexity index is 270. The van der Waals surface area contributed by atoms with Gasteiger partial charge in [-0.3, -0.25) is 9.59 Å². The van der Waals surface area contributed by atoms with Crippen molar-refractivity contribution in [3.05, 3.63) is 0 Å². The normalized spacial score (nSPS) is 26.9. The number of methoxy groups -OCH3 is 1. The minimum atomic E-state index is -0.702. The molecule has 0 aromatic heterocycles. The molecule has 4 nitrogen and oxygen atoms in total. The van der Waals surface area contributed by atoms with Crippen molar-refractivity contribution in [1.29, 1.82) is 0 Å². The Hall–Kier alpha value is -1.06. The monoisotopic (exact) mass is 232 g/mol. The van der Waals surface area contributed by atoms with Crippen molar-refractivity contribution >= 4 is 11.9 Å². The minimum Gasteiger partial charge on any atom is -0.469 e. The van der Waals surface area contributed by atoms with Gasteiger partial charge < -0.3 is 9.47 Å². The third-order valence-electron chi connectivity index (χ3n) is 2.58. The lowest BCUT2D eigenvalue weighted by Crippen LogP contribution is -2.47. The Morgan fingerprint density at radius 3 is 2.19 bits per heavy atom. The summed E-state index contributed by atoms with van der Waals surface area (Å²) in [6, 6.07) is 0. The summed E-state index contributed by atoms with van der Waals surface area (Å²) in [5.74, 6) is -0.572. The van der Waals surface area contributed by atoms with E-state index in [2.05, 4.69) is 0 Å². The standard InChI is InChI=1S/C10H16O4.2CH4/c1-9(2)5-10(3,8(12)13-4)6-14-7(9)11;;/h5-6H2,1-4H3;2*1H4. The molecule has 1 rings (SSSR count). The van der Waals surface area contributed by atoms with Gasteiger partial charge in [0.2, 0.25) is 0 Å². The van der Waals surface area contributed by atoms with Gasteiger partial charge in [0, 0.05) is 0 Å². The van der Waals surface area contributed by atoms with Crippen LogP contribution in [0.15, 0.2) is 0 Å². The van der Waals surface area contributed by atoms with Gasteiger partial charge >= 0.3 is 11.9 Å². The molecular formula is C12H24O4. The highest BCUT2D eigenvalue weighted by Crippen LogP contribution is 2.40. The lowest BCUT2D eigenvalue weighted by atomic mass is 9.72. The molecule has 16 heavy (non-hydrogen) atoms. The highest BCUT2D eigenvalue weighted by atomic mass is 16.5. The zero-order valence-electron chi connectivity index (χ0n) is 9.05. The van der Waals surface area contributed by atoms with Crippen LogP contribution in [-0.4, -0.2) is 25.7 Å². The fourth-order valence-corrected chi connectivity index (χ4v) is 1.90. The van der Waals surface area contributed by atoms with Gasteiger partial charge in [-0.2, -0.15) is 0 Å². The van der Waals surface area contributed by atoms with E-state index in [-0.39, 0.29) is 33.4 Å². The number of ether oxygens (including phenoxy) is 2. The van der Waals surface area contributed by atoms with Gasteiger partial charge in [0.15, 0.2) is 0 Å².